The second-order valence-corrected chi connectivity index (χ2v) is 6.04. The fourth-order valence-corrected chi connectivity index (χ4v) is 3.34. The third-order valence-corrected chi connectivity index (χ3v) is 4.52. The van der Waals surface area contributed by atoms with E-state index in [0.29, 0.717) is 0 Å². The van der Waals surface area contributed by atoms with Crippen LogP contribution in [0.1, 0.15) is 0 Å². The molecule has 3 heteroatoms. The molecule has 0 saturated heterocycles. The van der Waals surface area contributed by atoms with Gasteiger partial charge in [0.2, 0.25) is 0 Å². The molecule has 0 aliphatic carbocycles. The van der Waals surface area contributed by atoms with Gasteiger partial charge in [0.05, 0.1) is 22.4 Å². The number of nitrogens with one attached hydrogen (secondary N) is 1. The molecule has 0 bridgehead atoms. The minimum atomic E-state index is 0.936. The number of para-hydroxylation sites is 2. The van der Waals surface area contributed by atoms with Crippen LogP contribution in [0.3, 0.4) is 0 Å². The number of pyridine rings is 2. The van der Waals surface area contributed by atoms with E-state index in [-0.39, 0.29) is 0 Å². The molecule has 0 aliphatic rings. The van der Waals surface area contributed by atoms with Gasteiger partial charge in [-0.15, -0.1) is 0 Å². The predicted octanol–water partition coefficient (Wildman–Crippen LogP) is 5.45. The van der Waals surface area contributed by atoms with E-state index in [1.807, 2.05) is 24.5 Å². The van der Waals surface area contributed by atoms with Crippen LogP contribution < -0.4 is 0 Å². The van der Waals surface area contributed by atoms with Crippen molar-refractivity contribution >= 4 is 21.8 Å². The molecule has 25 heavy (non-hydrogen) atoms. The van der Waals surface area contributed by atoms with Gasteiger partial charge in [0.25, 0.3) is 0 Å². The molecular weight excluding hydrogens is 306 g/mol. The lowest BCUT2D eigenvalue weighted by Crippen LogP contribution is -1.91. The van der Waals surface area contributed by atoms with Gasteiger partial charge in [0, 0.05) is 34.3 Å². The van der Waals surface area contributed by atoms with Crippen LogP contribution in [0, 0.1) is 0 Å². The molecular formula is C22H15N3. The molecule has 5 aromatic rings. The van der Waals surface area contributed by atoms with E-state index in [4.69, 9.17) is 4.98 Å². The average Bonchev–Trinajstić information content (AvgIpc) is 3.16. The molecule has 3 nitrogen and oxygen atoms in total. The Morgan fingerprint density at radius 2 is 1.36 bits per heavy atom. The van der Waals surface area contributed by atoms with Crippen molar-refractivity contribution in [3.8, 4) is 22.5 Å². The maximum atomic E-state index is 4.93. The van der Waals surface area contributed by atoms with Crippen LogP contribution in [-0.4, -0.2) is 15.0 Å². The van der Waals surface area contributed by atoms with E-state index in [1.54, 1.807) is 0 Å². The van der Waals surface area contributed by atoms with E-state index in [1.165, 1.54) is 5.39 Å². The molecule has 0 radical (unpaired) electrons. The summed E-state index contributed by atoms with van der Waals surface area (Å²) in [5.41, 5.74) is 6.15. The number of H-pyrrole nitrogens is 1. The van der Waals surface area contributed by atoms with Gasteiger partial charge >= 0.3 is 0 Å². The third kappa shape index (κ3) is 2.29. The molecule has 0 spiro atoms. The topological polar surface area (TPSA) is 41.6 Å². The minimum absolute atomic E-state index is 0.936. The number of hydrogen-bond acceptors (Lipinski definition) is 2. The van der Waals surface area contributed by atoms with Crippen LogP contribution in [0.5, 0.6) is 0 Å². The highest BCUT2D eigenvalue weighted by atomic mass is 14.7. The summed E-state index contributed by atoms with van der Waals surface area (Å²) in [7, 11) is 0. The van der Waals surface area contributed by atoms with E-state index in [2.05, 4.69) is 70.6 Å². The van der Waals surface area contributed by atoms with Gasteiger partial charge in [-0.3, -0.25) is 4.98 Å². The first-order valence-corrected chi connectivity index (χ1v) is 8.28. The predicted molar refractivity (Wildman–Crippen MR) is 102 cm³/mol. The number of hydrogen-bond donors (Lipinski definition) is 1. The van der Waals surface area contributed by atoms with E-state index >= 15 is 0 Å². The third-order valence-electron chi connectivity index (χ3n) is 4.52. The number of fused-ring (bicyclic) bond motifs is 2. The Morgan fingerprint density at radius 3 is 2.28 bits per heavy atom. The Kier molecular flexibility index (Phi) is 3.10. The summed E-state index contributed by atoms with van der Waals surface area (Å²) in [6.45, 7) is 0. The average molecular weight is 321 g/mol. The standard InChI is InChI=1S/C22H15N3/c1-5-15-7-4-13-23-21(15)17(8-1)19-10-3-11-20(25-19)18-9-2-6-16-12-14-24-22(16)18/h1-14,24H. The Hall–Kier alpha value is -3.46. The van der Waals surface area contributed by atoms with Crippen LogP contribution in [0.2, 0.25) is 0 Å². The van der Waals surface area contributed by atoms with Gasteiger partial charge in [-0.2, -0.15) is 0 Å². The monoisotopic (exact) mass is 321 g/mol. The molecule has 0 aliphatic heterocycles. The molecule has 5 rings (SSSR count). The lowest BCUT2D eigenvalue weighted by atomic mass is 10.0. The summed E-state index contributed by atoms with van der Waals surface area (Å²) in [4.78, 5) is 12.8. The van der Waals surface area contributed by atoms with E-state index in [0.717, 1.165) is 38.9 Å². The second-order valence-electron chi connectivity index (χ2n) is 6.04. The highest BCUT2D eigenvalue weighted by Crippen LogP contribution is 2.30. The van der Waals surface area contributed by atoms with Crippen molar-refractivity contribution in [2.24, 2.45) is 0 Å². The van der Waals surface area contributed by atoms with Gasteiger partial charge in [-0.05, 0) is 24.3 Å². The minimum Gasteiger partial charge on any atom is -0.361 e. The first-order valence-electron chi connectivity index (χ1n) is 8.28. The molecule has 0 saturated carbocycles. The normalized spacial score (nSPS) is 11.2. The number of aromatic nitrogens is 3. The molecule has 0 amide bonds. The fraction of sp³-hybridized carbons (Fsp3) is 0. The van der Waals surface area contributed by atoms with Gasteiger partial charge < -0.3 is 4.98 Å². The largest absolute Gasteiger partial charge is 0.361 e. The van der Waals surface area contributed by atoms with Crippen LogP contribution in [-0.2, 0) is 0 Å². The van der Waals surface area contributed by atoms with Crippen molar-refractivity contribution in [2.45, 2.75) is 0 Å². The lowest BCUT2D eigenvalue weighted by Gasteiger charge is -2.08. The van der Waals surface area contributed by atoms with Crippen molar-refractivity contribution in [2.75, 3.05) is 0 Å². The maximum Gasteiger partial charge on any atom is 0.0795 e. The molecule has 0 unspecified atom stereocenters. The summed E-state index contributed by atoms with van der Waals surface area (Å²) >= 11 is 0. The van der Waals surface area contributed by atoms with Crippen molar-refractivity contribution < 1.29 is 0 Å². The van der Waals surface area contributed by atoms with Crippen molar-refractivity contribution in [1.29, 1.82) is 0 Å². The number of nitrogens with zero attached hydrogens (tertiary/aromatic N) is 2. The molecule has 118 valence electrons. The summed E-state index contributed by atoms with van der Waals surface area (Å²) in [5.74, 6) is 0. The second kappa shape index (κ2) is 5.56. The highest BCUT2D eigenvalue weighted by Gasteiger charge is 2.10. The van der Waals surface area contributed by atoms with Crippen molar-refractivity contribution in [1.82, 2.24) is 15.0 Å². The maximum absolute atomic E-state index is 4.93. The summed E-state index contributed by atoms with van der Waals surface area (Å²) in [5, 5.41) is 2.32. The molecule has 0 atom stereocenters. The Balaban J connectivity index is 1.72. The van der Waals surface area contributed by atoms with Gasteiger partial charge in [-0.1, -0.05) is 48.5 Å². The fourth-order valence-electron chi connectivity index (χ4n) is 3.34. The van der Waals surface area contributed by atoms with Gasteiger partial charge in [0.1, 0.15) is 0 Å². The number of rotatable bonds is 2. The van der Waals surface area contributed by atoms with E-state index < -0.39 is 0 Å². The molecule has 0 fully saturated rings. The molecule has 2 aromatic carbocycles. The zero-order valence-corrected chi connectivity index (χ0v) is 13.5. The first kappa shape index (κ1) is 13.9. The highest BCUT2D eigenvalue weighted by molar-refractivity contribution is 5.95. The SMILES string of the molecule is c1cc(-c2cccc3cccnc23)nc(-c2cccc3cc[nH]c23)c1. The summed E-state index contributed by atoms with van der Waals surface area (Å²) in [6.07, 6.45) is 3.79. The van der Waals surface area contributed by atoms with Crippen LogP contribution >= 0.6 is 0 Å². The first-order chi connectivity index (χ1) is 12.4. The molecule has 3 heterocycles. The zero-order valence-electron chi connectivity index (χ0n) is 13.5. The molecule has 3 aromatic heterocycles. The lowest BCUT2D eigenvalue weighted by molar-refractivity contribution is 1.32. The van der Waals surface area contributed by atoms with E-state index in [9.17, 15) is 0 Å². The Morgan fingerprint density at radius 1 is 0.640 bits per heavy atom. The Bertz CT molecular complexity index is 1200. The summed E-state index contributed by atoms with van der Waals surface area (Å²) < 4.78 is 0. The summed E-state index contributed by atoms with van der Waals surface area (Å²) in [6, 6.07) is 24.8. The molecule has 1 N–H and O–H groups in total. The smallest absolute Gasteiger partial charge is 0.0795 e. The van der Waals surface area contributed by atoms with Crippen LogP contribution in [0.15, 0.2) is 85.2 Å². The number of aromatic amines is 1. The Labute approximate surface area is 145 Å². The van der Waals surface area contributed by atoms with Crippen LogP contribution in [0.25, 0.3) is 44.3 Å². The van der Waals surface area contributed by atoms with Gasteiger partial charge in [-0.25, -0.2) is 4.98 Å². The van der Waals surface area contributed by atoms with Crippen molar-refractivity contribution in [3.63, 3.8) is 0 Å². The number of benzene rings is 2. The van der Waals surface area contributed by atoms with Crippen LogP contribution in [0.4, 0.5) is 0 Å². The zero-order chi connectivity index (χ0) is 16.6. The van der Waals surface area contributed by atoms with Gasteiger partial charge in [0.15, 0.2) is 0 Å². The quantitative estimate of drug-likeness (QED) is 0.470. The van der Waals surface area contributed by atoms with Crippen molar-refractivity contribution in [3.05, 3.63) is 85.2 Å².